The third-order valence-corrected chi connectivity index (χ3v) is 4.06. The van der Waals surface area contributed by atoms with Crippen molar-refractivity contribution in [2.75, 3.05) is 6.54 Å². The number of halogens is 2. The lowest BCUT2D eigenvalue weighted by Crippen LogP contribution is -2.33. The SMILES string of the molecule is CCCNC(C)CC(C)(C)c1cccc(Cl)c1Cl. The van der Waals surface area contributed by atoms with Gasteiger partial charge in [0.25, 0.3) is 0 Å². The molecule has 1 aromatic rings. The van der Waals surface area contributed by atoms with Crippen molar-refractivity contribution in [1.29, 1.82) is 0 Å². The lowest BCUT2D eigenvalue weighted by atomic mass is 9.79. The fraction of sp³-hybridized carbons (Fsp3) is 0.600. The predicted molar refractivity (Wildman–Crippen MR) is 81.9 cm³/mol. The number of rotatable bonds is 6. The Morgan fingerprint density at radius 2 is 1.94 bits per heavy atom. The van der Waals surface area contributed by atoms with Crippen LogP contribution < -0.4 is 5.32 Å². The third kappa shape index (κ3) is 4.15. The van der Waals surface area contributed by atoms with Crippen molar-refractivity contribution in [3.63, 3.8) is 0 Å². The average molecular weight is 288 g/mol. The van der Waals surface area contributed by atoms with Crippen LogP contribution in [-0.2, 0) is 5.41 Å². The highest BCUT2D eigenvalue weighted by Crippen LogP contribution is 2.37. The molecule has 1 N–H and O–H groups in total. The summed E-state index contributed by atoms with van der Waals surface area (Å²) in [6.45, 7) is 9.89. The summed E-state index contributed by atoms with van der Waals surface area (Å²) in [6.07, 6.45) is 2.19. The number of hydrogen-bond acceptors (Lipinski definition) is 1. The molecule has 0 aromatic heterocycles. The van der Waals surface area contributed by atoms with Crippen LogP contribution >= 0.6 is 23.2 Å². The van der Waals surface area contributed by atoms with Crippen LogP contribution in [0.4, 0.5) is 0 Å². The Morgan fingerprint density at radius 3 is 2.56 bits per heavy atom. The molecule has 1 nitrogen and oxygen atoms in total. The molecule has 3 heteroatoms. The van der Waals surface area contributed by atoms with E-state index < -0.39 is 0 Å². The minimum absolute atomic E-state index is 0.0160. The van der Waals surface area contributed by atoms with E-state index in [0.717, 1.165) is 24.9 Å². The Balaban J connectivity index is 2.82. The molecule has 1 unspecified atom stereocenters. The molecule has 18 heavy (non-hydrogen) atoms. The predicted octanol–water partition coefficient (Wildman–Crippen LogP) is 5.05. The first-order valence-electron chi connectivity index (χ1n) is 6.56. The van der Waals surface area contributed by atoms with Gasteiger partial charge in [0.05, 0.1) is 10.0 Å². The summed E-state index contributed by atoms with van der Waals surface area (Å²) in [5.41, 5.74) is 1.14. The van der Waals surface area contributed by atoms with E-state index >= 15 is 0 Å². The highest BCUT2D eigenvalue weighted by Gasteiger charge is 2.26. The van der Waals surface area contributed by atoms with E-state index in [0.29, 0.717) is 16.1 Å². The molecule has 0 spiro atoms. The molecule has 0 aliphatic heterocycles. The second kappa shape index (κ2) is 6.79. The van der Waals surface area contributed by atoms with Gasteiger partial charge in [0.15, 0.2) is 0 Å². The summed E-state index contributed by atoms with van der Waals surface area (Å²) in [6, 6.07) is 6.34. The van der Waals surface area contributed by atoms with Gasteiger partial charge in [-0.05, 0) is 43.4 Å². The zero-order chi connectivity index (χ0) is 13.8. The third-order valence-electron chi connectivity index (χ3n) is 3.24. The molecule has 0 saturated heterocycles. The molecule has 0 saturated carbocycles. The van der Waals surface area contributed by atoms with Gasteiger partial charge in [-0.2, -0.15) is 0 Å². The van der Waals surface area contributed by atoms with Crippen LogP contribution in [0.15, 0.2) is 18.2 Å². The van der Waals surface area contributed by atoms with E-state index in [-0.39, 0.29) is 5.41 Å². The van der Waals surface area contributed by atoms with Gasteiger partial charge in [-0.3, -0.25) is 0 Å². The van der Waals surface area contributed by atoms with E-state index in [4.69, 9.17) is 23.2 Å². The Labute approximate surface area is 121 Å². The number of nitrogens with one attached hydrogen (secondary N) is 1. The van der Waals surface area contributed by atoms with Crippen LogP contribution in [0.2, 0.25) is 10.0 Å². The van der Waals surface area contributed by atoms with Gasteiger partial charge in [0, 0.05) is 6.04 Å². The van der Waals surface area contributed by atoms with E-state index in [2.05, 4.69) is 39.1 Å². The second-order valence-corrected chi connectivity index (χ2v) is 6.33. The monoisotopic (exact) mass is 287 g/mol. The first-order valence-corrected chi connectivity index (χ1v) is 7.32. The number of benzene rings is 1. The van der Waals surface area contributed by atoms with Crippen LogP contribution in [0.1, 0.15) is 46.1 Å². The summed E-state index contributed by atoms with van der Waals surface area (Å²) >= 11 is 12.4. The molecule has 0 radical (unpaired) electrons. The minimum Gasteiger partial charge on any atom is -0.314 e. The van der Waals surface area contributed by atoms with E-state index in [9.17, 15) is 0 Å². The van der Waals surface area contributed by atoms with E-state index in [1.807, 2.05) is 12.1 Å². The van der Waals surface area contributed by atoms with Gasteiger partial charge in [0.2, 0.25) is 0 Å². The normalized spacial score (nSPS) is 13.7. The molecular weight excluding hydrogens is 265 g/mol. The summed E-state index contributed by atoms with van der Waals surface area (Å²) in [5, 5.41) is 4.84. The van der Waals surface area contributed by atoms with Gasteiger partial charge >= 0.3 is 0 Å². The molecule has 0 heterocycles. The van der Waals surface area contributed by atoms with Gasteiger partial charge in [-0.1, -0.05) is 56.1 Å². The average Bonchev–Trinajstić information content (AvgIpc) is 2.29. The molecule has 0 aliphatic rings. The Kier molecular flexibility index (Phi) is 5.97. The van der Waals surface area contributed by atoms with Crippen molar-refractivity contribution in [3.8, 4) is 0 Å². The standard InChI is InChI=1S/C15H23Cl2N/c1-5-9-18-11(2)10-15(3,4)12-7-6-8-13(16)14(12)17/h6-8,11,18H,5,9-10H2,1-4H3. The van der Waals surface area contributed by atoms with Crippen molar-refractivity contribution < 1.29 is 0 Å². The molecule has 1 rings (SSSR count). The molecule has 0 bridgehead atoms. The summed E-state index contributed by atoms with van der Waals surface area (Å²) in [4.78, 5) is 0. The lowest BCUT2D eigenvalue weighted by Gasteiger charge is -2.30. The summed E-state index contributed by atoms with van der Waals surface area (Å²) in [5.74, 6) is 0. The van der Waals surface area contributed by atoms with Crippen LogP contribution in [0.3, 0.4) is 0 Å². The molecule has 1 atom stereocenters. The summed E-state index contributed by atoms with van der Waals surface area (Å²) < 4.78 is 0. The molecule has 102 valence electrons. The maximum Gasteiger partial charge on any atom is 0.0629 e. The zero-order valence-corrected chi connectivity index (χ0v) is 13.2. The molecule has 0 amide bonds. The number of hydrogen-bond donors (Lipinski definition) is 1. The van der Waals surface area contributed by atoms with Crippen molar-refractivity contribution >= 4 is 23.2 Å². The van der Waals surface area contributed by atoms with Crippen LogP contribution in [0.5, 0.6) is 0 Å². The minimum atomic E-state index is 0.0160. The Hall–Kier alpha value is -0.240. The van der Waals surface area contributed by atoms with Gasteiger partial charge in [0.1, 0.15) is 0 Å². The zero-order valence-electron chi connectivity index (χ0n) is 11.7. The van der Waals surface area contributed by atoms with Crippen LogP contribution in [0, 0.1) is 0 Å². The second-order valence-electron chi connectivity index (χ2n) is 5.54. The van der Waals surface area contributed by atoms with Crippen molar-refractivity contribution in [2.45, 2.75) is 52.0 Å². The maximum atomic E-state index is 6.31. The molecule has 0 aliphatic carbocycles. The van der Waals surface area contributed by atoms with Gasteiger partial charge in [-0.15, -0.1) is 0 Å². The van der Waals surface area contributed by atoms with E-state index in [1.165, 1.54) is 0 Å². The highest BCUT2D eigenvalue weighted by atomic mass is 35.5. The fourth-order valence-corrected chi connectivity index (χ4v) is 2.92. The first-order chi connectivity index (χ1) is 8.38. The van der Waals surface area contributed by atoms with Crippen LogP contribution in [0.25, 0.3) is 0 Å². The maximum absolute atomic E-state index is 6.31. The largest absolute Gasteiger partial charge is 0.314 e. The van der Waals surface area contributed by atoms with Crippen molar-refractivity contribution in [2.24, 2.45) is 0 Å². The van der Waals surface area contributed by atoms with Gasteiger partial charge < -0.3 is 5.32 Å². The molecule has 0 fully saturated rings. The Morgan fingerprint density at radius 1 is 1.28 bits per heavy atom. The van der Waals surface area contributed by atoms with Crippen molar-refractivity contribution in [3.05, 3.63) is 33.8 Å². The fourth-order valence-electron chi connectivity index (χ4n) is 2.36. The van der Waals surface area contributed by atoms with Crippen LogP contribution in [-0.4, -0.2) is 12.6 Å². The van der Waals surface area contributed by atoms with E-state index in [1.54, 1.807) is 0 Å². The van der Waals surface area contributed by atoms with Gasteiger partial charge in [-0.25, -0.2) is 0 Å². The quantitative estimate of drug-likeness (QED) is 0.772. The Bertz CT molecular complexity index is 388. The summed E-state index contributed by atoms with van der Waals surface area (Å²) in [7, 11) is 0. The highest BCUT2D eigenvalue weighted by molar-refractivity contribution is 6.42. The molecule has 1 aromatic carbocycles. The lowest BCUT2D eigenvalue weighted by molar-refractivity contribution is 0.390. The first kappa shape index (κ1) is 15.8. The smallest absolute Gasteiger partial charge is 0.0629 e. The van der Waals surface area contributed by atoms with Crippen molar-refractivity contribution in [1.82, 2.24) is 5.32 Å². The topological polar surface area (TPSA) is 12.0 Å². The molecular formula is C15H23Cl2N.